The van der Waals surface area contributed by atoms with E-state index in [2.05, 4.69) is 71.4 Å². The van der Waals surface area contributed by atoms with Gasteiger partial charge in [0.25, 0.3) is 0 Å². The molecule has 2 aromatic rings. The monoisotopic (exact) mass is 344 g/mol. The van der Waals surface area contributed by atoms with Crippen LogP contribution in [0.25, 0.3) is 11.1 Å². The smallest absolute Gasteiger partial charge is 0.0175 e. The molecule has 0 radical (unpaired) electrons. The SMILES string of the molecule is CCCCCCCCc1ccc(-c2ccc(Br)cc2)cc1. The third-order valence-electron chi connectivity index (χ3n) is 3.95. The second-order valence-electron chi connectivity index (χ2n) is 5.72. The summed E-state index contributed by atoms with van der Waals surface area (Å²) in [6, 6.07) is 17.6. The van der Waals surface area contributed by atoms with E-state index in [1.807, 2.05) is 0 Å². The molecule has 0 aromatic heterocycles. The fourth-order valence-corrected chi connectivity index (χ4v) is 2.88. The van der Waals surface area contributed by atoms with E-state index in [0.29, 0.717) is 0 Å². The van der Waals surface area contributed by atoms with Crippen LogP contribution in [0.1, 0.15) is 51.0 Å². The third kappa shape index (κ3) is 5.67. The van der Waals surface area contributed by atoms with Crippen LogP contribution >= 0.6 is 15.9 Å². The van der Waals surface area contributed by atoms with Gasteiger partial charge in [-0.05, 0) is 41.7 Å². The van der Waals surface area contributed by atoms with Crippen molar-refractivity contribution >= 4 is 15.9 Å². The molecule has 112 valence electrons. The number of halogens is 1. The Kier molecular flexibility index (Phi) is 7.02. The van der Waals surface area contributed by atoms with E-state index in [1.54, 1.807) is 0 Å². The molecule has 0 fully saturated rings. The first-order valence-electron chi connectivity index (χ1n) is 8.14. The van der Waals surface area contributed by atoms with E-state index in [1.165, 1.54) is 61.6 Å². The molecule has 0 spiro atoms. The molecule has 0 aliphatic rings. The Balaban J connectivity index is 1.80. The maximum absolute atomic E-state index is 3.48. The topological polar surface area (TPSA) is 0 Å². The zero-order chi connectivity index (χ0) is 14.9. The van der Waals surface area contributed by atoms with Crippen molar-refractivity contribution in [2.24, 2.45) is 0 Å². The number of rotatable bonds is 8. The lowest BCUT2D eigenvalue weighted by Crippen LogP contribution is -1.87. The molecule has 2 rings (SSSR count). The van der Waals surface area contributed by atoms with Crippen molar-refractivity contribution in [3.05, 3.63) is 58.6 Å². The lowest BCUT2D eigenvalue weighted by atomic mass is 10.0. The summed E-state index contributed by atoms with van der Waals surface area (Å²) in [5.74, 6) is 0. The van der Waals surface area contributed by atoms with E-state index in [-0.39, 0.29) is 0 Å². The molecule has 0 N–H and O–H groups in total. The summed E-state index contributed by atoms with van der Waals surface area (Å²) in [6.45, 7) is 2.27. The average molecular weight is 345 g/mol. The van der Waals surface area contributed by atoms with E-state index >= 15 is 0 Å². The molecule has 0 nitrogen and oxygen atoms in total. The van der Waals surface area contributed by atoms with Gasteiger partial charge >= 0.3 is 0 Å². The van der Waals surface area contributed by atoms with Crippen LogP contribution in [0, 0.1) is 0 Å². The van der Waals surface area contributed by atoms with Crippen LogP contribution in [0.4, 0.5) is 0 Å². The Hall–Kier alpha value is -1.08. The van der Waals surface area contributed by atoms with Crippen LogP contribution in [0.3, 0.4) is 0 Å². The summed E-state index contributed by atoms with van der Waals surface area (Å²) >= 11 is 3.48. The Bertz CT molecular complexity index is 511. The molecule has 21 heavy (non-hydrogen) atoms. The fraction of sp³-hybridized carbons (Fsp3) is 0.400. The average Bonchev–Trinajstić information content (AvgIpc) is 2.52. The molecule has 0 unspecified atom stereocenters. The molecule has 0 heterocycles. The first-order chi connectivity index (χ1) is 10.3. The minimum atomic E-state index is 1.13. The molecule has 0 amide bonds. The highest BCUT2D eigenvalue weighted by atomic mass is 79.9. The van der Waals surface area contributed by atoms with Crippen molar-refractivity contribution < 1.29 is 0 Å². The first-order valence-corrected chi connectivity index (χ1v) is 8.94. The van der Waals surface area contributed by atoms with E-state index in [4.69, 9.17) is 0 Å². The second kappa shape index (κ2) is 9.04. The predicted octanol–water partition coefficient (Wildman–Crippen LogP) is 7.02. The van der Waals surface area contributed by atoms with Gasteiger partial charge in [0.05, 0.1) is 0 Å². The minimum Gasteiger partial charge on any atom is -0.0654 e. The van der Waals surface area contributed by atoms with Crippen molar-refractivity contribution in [1.29, 1.82) is 0 Å². The molecule has 0 saturated heterocycles. The maximum Gasteiger partial charge on any atom is 0.0175 e. The third-order valence-corrected chi connectivity index (χ3v) is 4.48. The highest BCUT2D eigenvalue weighted by Crippen LogP contribution is 2.22. The van der Waals surface area contributed by atoms with Gasteiger partial charge in [0, 0.05) is 4.47 Å². The maximum atomic E-state index is 3.48. The van der Waals surface area contributed by atoms with Gasteiger partial charge in [-0.25, -0.2) is 0 Å². The van der Waals surface area contributed by atoms with Gasteiger partial charge in [-0.1, -0.05) is 91.4 Å². The van der Waals surface area contributed by atoms with Gasteiger partial charge in [-0.2, -0.15) is 0 Å². The van der Waals surface area contributed by atoms with E-state index in [9.17, 15) is 0 Å². The largest absolute Gasteiger partial charge is 0.0654 e. The molecule has 0 aliphatic carbocycles. The molecule has 0 bridgehead atoms. The van der Waals surface area contributed by atoms with E-state index < -0.39 is 0 Å². The predicted molar refractivity (Wildman–Crippen MR) is 96.7 cm³/mol. The standard InChI is InChI=1S/C20H25Br/c1-2-3-4-5-6-7-8-17-9-11-18(12-10-17)19-13-15-20(21)16-14-19/h9-16H,2-8H2,1H3. The molecule has 2 aromatic carbocycles. The van der Waals surface area contributed by atoms with Crippen LogP contribution in [-0.2, 0) is 6.42 Å². The van der Waals surface area contributed by atoms with Gasteiger partial charge in [-0.15, -0.1) is 0 Å². The van der Waals surface area contributed by atoms with Crippen LogP contribution in [-0.4, -0.2) is 0 Å². The van der Waals surface area contributed by atoms with Crippen molar-refractivity contribution in [3.63, 3.8) is 0 Å². The minimum absolute atomic E-state index is 1.13. The molecule has 1 heteroatoms. The molecule has 0 aliphatic heterocycles. The van der Waals surface area contributed by atoms with Gasteiger partial charge in [-0.3, -0.25) is 0 Å². The number of unbranched alkanes of at least 4 members (excludes halogenated alkanes) is 5. The van der Waals surface area contributed by atoms with E-state index in [0.717, 1.165) is 4.47 Å². The summed E-state index contributed by atoms with van der Waals surface area (Å²) in [5, 5.41) is 0. The Morgan fingerprint density at radius 3 is 1.81 bits per heavy atom. The van der Waals surface area contributed by atoms with Crippen molar-refractivity contribution in [2.45, 2.75) is 51.9 Å². The summed E-state index contributed by atoms with van der Waals surface area (Å²) < 4.78 is 1.13. The lowest BCUT2D eigenvalue weighted by molar-refractivity contribution is 0.607. The van der Waals surface area contributed by atoms with Crippen LogP contribution in [0.5, 0.6) is 0 Å². The highest BCUT2D eigenvalue weighted by molar-refractivity contribution is 9.10. The van der Waals surface area contributed by atoms with Gasteiger partial charge in [0.1, 0.15) is 0 Å². The Morgan fingerprint density at radius 1 is 0.667 bits per heavy atom. The Labute approximate surface area is 137 Å². The summed E-state index contributed by atoms with van der Waals surface area (Å²) in [6.07, 6.45) is 9.42. The lowest BCUT2D eigenvalue weighted by Gasteiger charge is -2.05. The number of hydrogen-bond acceptors (Lipinski definition) is 0. The normalized spacial score (nSPS) is 10.8. The molecular formula is C20H25Br. The number of benzene rings is 2. The van der Waals surface area contributed by atoms with Gasteiger partial charge in [0.15, 0.2) is 0 Å². The van der Waals surface area contributed by atoms with Crippen molar-refractivity contribution in [3.8, 4) is 11.1 Å². The second-order valence-corrected chi connectivity index (χ2v) is 6.64. The quantitative estimate of drug-likeness (QED) is 0.451. The molecular weight excluding hydrogens is 320 g/mol. The number of hydrogen-bond donors (Lipinski definition) is 0. The van der Waals surface area contributed by atoms with Gasteiger partial charge in [0.2, 0.25) is 0 Å². The van der Waals surface area contributed by atoms with Gasteiger partial charge < -0.3 is 0 Å². The summed E-state index contributed by atoms with van der Waals surface area (Å²) in [5.41, 5.74) is 4.05. The zero-order valence-corrected chi connectivity index (χ0v) is 14.5. The van der Waals surface area contributed by atoms with Crippen LogP contribution in [0.2, 0.25) is 0 Å². The Morgan fingerprint density at radius 2 is 1.19 bits per heavy atom. The van der Waals surface area contributed by atoms with Crippen molar-refractivity contribution in [2.75, 3.05) is 0 Å². The van der Waals surface area contributed by atoms with Crippen LogP contribution in [0.15, 0.2) is 53.0 Å². The van der Waals surface area contributed by atoms with Crippen molar-refractivity contribution in [1.82, 2.24) is 0 Å². The molecule has 0 saturated carbocycles. The summed E-state index contributed by atoms with van der Waals surface area (Å²) in [4.78, 5) is 0. The van der Waals surface area contributed by atoms with Crippen LogP contribution < -0.4 is 0 Å². The first kappa shape index (κ1) is 16.3. The molecule has 0 atom stereocenters. The highest BCUT2D eigenvalue weighted by Gasteiger charge is 1.99. The fourth-order valence-electron chi connectivity index (χ4n) is 2.62. The zero-order valence-electron chi connectivity index (χ0n) is 12.9. The summed E-state index contributed by atoms with van der Waals surface area (Å²) in [7, 11) is 0. The number of aryl methyl sites for hydroxylation is 1.